The van der Waals surface area contributed by atoms with Crippen molar-refractivity contribution in [1.29, 1.82) is 0 Å². The van der Waals surface area contributed by atoms with Crippen LogP contribution in [0.15, 0.2) is 47.4 Å². The van der Waals surface area contributed by atoms with E-state index in [1.165, 1.54) is 38.4 Å². The van der Waals surface area contributed by atoms with Crippen molar-refractivity contribution in [1.82, 2.24) is 4.31 Å². The highest BCUT2D eigenvalue weighted by atomic mass is 32.2. The van der Waals surface area contributed by atoms with E-state index in [1.54, 1.807) is 0 Å². The van der Waals surface area contributed by atoms with Gasteiger partial charge in [0.15, 0.2) is 0 Å². The molecule has 2 aromatic carbocycles. The van der Waals surface area contributed by atoms with Gasteiger partial charge >= 0.3 is 6.18 Å². The van der Waals surface area contributed by atoms with Gasteiger partial charge in [0.25, 0.3) is 5.69 Å². The molecule has 0 radical (unpaired) electrons. The SMILES string of the molecule is CN(C)S(=O)(=O)c1ccc(NC(=O)CCNc2ccc(C(F)(F)F)cc2[N+](=O)[O-])cc1. The van der Waals surface area contributed by atoms with Gasteiger partial charge in [-0.3, -0.25) is 14.9 Å². The van der Waals surface area contributed by atoms with Gasteiger partial charge in [0, 0.05) is 38.8 Å². The third-order valence-corrected chi connectivity index (χ3v) is 5.94. The van der Waals surface area contributed by atoms with Crippen LogP contribution in [0.2, 0.25) is 0 Å². The van der Waals surface area contributed by atoms with Crippen LogP contribution in [0.4, 0.5) is 30.2 Å². The lowest BCUT2D eigenvalue weighted by Gasteiger charge is -2.12. The Kier molecular flexibility index (Phi) is 7.23. The van der Waals surface area contributed by atoms with Crippen molar-refractivity contribution in [2.24, 2.45) is 0 Å². The molecule has 0 fully saturated rings. The van der Waals surface area contributed by atoms with E-state index in [-0.39, 0.29) is 23.5 Å². The summed E-state index contributed by atoms with van der Waals surface area (Å²) in [5.74, 6) is -0.481. The fourth-order valence-electron chi connectivity index (χ4n) is 2.46. The molecule has 0 bridgehead atoms. The molecule has 0 aliphatic rings. The summed E-state index contributed by atoms with van der Waals surface area (Å²) in [5, 5.41) is 16.2. The van der Waals surface area contributed by atoms with Gasteiger partial charge in [-0.05, 0) is 36.4 Å². The lowest BCUT2D eigenvalue weighted by atomic mass is 10.1. The molecule has 0 heterocycles. The van der Waals surface area contributed by atoms with E-state index >= 15 is 0 Å². The van der Waals surface area contributed by atoms with Crippen molar-refractivity contribution in [3.05, 3.63) is 58.1 Å². The predicted molar refractivity (Wildman–Crippen MR) is 107 cm³/mol. The number of hydrogen-bond acceptors (Lipinski definition) is 6. The van der Waals surface area contributed by atoms with Crippen LogP contribution in [-0.4, -0.2) is 44.2 Å². The Morgan fingerprint density at radius 2 is 1.74 bits per heavy atom. The van der Waals surface area contributed by atoms with Crippen molar-refractivity contribution in [2.75, 3.05) is 31.3 Å². The quantitative estimate of drug-likeness (QED) is 0.461. The number of sulfonamides is 1. The molecule has 2 rings (SSSR count). The van der Waals surface area contributed by atoms with Crippen molar-refractivity contribution < 1.29 is 31.3 Å². The summed E-state index contributed by atoms with van der Waals surface area (Å²) in [5.41, 5.74) is -1.72. The predicted octanol–water partition coefficient (Wildman–Crippen LogP) is 3.30. The van der Waals surface area contributed by atoms with Gasteiger partial charge < -0.3 is 10.6 Å². The Hall–Kier alpha value is -3.19. The summed E-state index contributed by atoms with van der Waals surface area (Å²) >= 11 is 0. The number of carbonyl (C=O) groups is 1. The average molecular weight is 460 g/mol. The second-order valence-electron chi connectivity index (χ2n) is 6.52. The van der Waals surface area contributed by atoms with Gasteiger partial charge in [0.1, 0.15) is 5.69 Å². The molecule has 0 spiro atoms. The van der Waals surface area contributed by atoms with Crippen molar-refractivity contribution >= 4 is 33.0 Å². The Morgan fingerprint density at radius 1 is 1.13 bits per heavy atom. The van der Waals surface area contributed by atoms with Gasteiger partial charge in [-0.15, -0.1) is 0 Å². The summed E-state index contributed by atoms with van der Waals surface area (Å²) in [6, 6.07) is 7.53. The molecule has 0 aliphatic carbocycles. The Balaban J connectivity index is 1.98. The number of amides is 1. The first-order valence-electron chi connectivity index (χ1n) is 8.74. The first kappa shape index (κ1) is 24.1. The summed E-state index contributed by atoms with van der Waals surface area (Å²) in [6.07, 6.45) is -4.86. The van der Waals surface area contributed by atoms with Crippen LogP contribution in [0.25, 0.3) is 0 Å². The number of halogens is 3. The third-order valence-electron chi connectivity index (χ3n) is 4.11. The molecule has 0 unspecified atom stereocenters. The molecule has 168 valence electrons. The Morgan fingerprint density at radius 3 is 2.26 bits per heavy atom. The molecule has 13 heteroatoms. The number of hydrogen-bond donors (Lipinski definition) is 2. The minimum absolute atomic E-state index is 0.0479. The lowest BCUT2D eigenvalue weighted by Crippen LogP contribution is -2.22. The Bertz CT molecular complexity index is 1070. The number of alkyl halides is 3. The number of rotatable bonds is 8. The van der Waals surface area contributed by atoms with Crippen LogP contribution in [-0.2, 0) is 21.0 Å². The lowest BCUT2D eigenvalue weighted by molar-refractivity contribution is -0.384. The molecule has 1 amide bonds. The number of nitrogens with zero attached hydrogens (tertiary/aromatic N) is 2. The number of nitro benzene ring substituents is 1. The maximum atomic E-state index is 12.7. The van der Waals surface area contributed by atoms with Gasteiger partial charge in [-0.2, -0.15) is 13.2 Å². The Labute approximate surface area is 176 Å². The average Bonchev–Trinajstić information content (AvgIpc) is 2.67. The summed E-state index contributed by atoms with van der Waals surface area (Å²) < 4.78 is 63.3. The topological polar surface area (TPSA) is 122 Å². The first-order valence-corrected chi connectivity index (χ1v) is 10.2. The smallest absolute Gasteiger partial charge is 0.379 e. The van der Waals surface area contributed by atoms with Crippen LogP contribution >= 0.6 is 0 Å². The zero-order valence-corrected chi connectivity index (χ0v) is 17.2. The molecule has 0 saturated carbocycles. The third kappa shape index (κ3) is 6.15. The standard InChI is InChI=1S/C18H19F3N4O5S/c1-24(2)31(29,30)14-6-4-13(5-7-14)23-17(26)9-10-22-15-8-3-12(18(19,20)21)11-16(15)25(27)28/h3-8,11,22H,9-10H2,1-2H3,(H,23,26). The fraction of sp³-hybridized carbons (Fsp3) is 0.278. The molecule has 2 N–H and O–H groups in total. The highest BCUT2D eigenvalue weighted by molar-refractivity contribution is 7.89. The van der Waals surface area contributed by atoms with Crippen LogP contribution < -0.4 is 10.6 Å². The van der Waals surface area contributed by atoms with Gasteiger partial charge in [-0.1, -0.05) is 0 Å². The second-order valence-corrected chi connectivity index (χ2v) is 8.68. The van der Waals surface area contributed by atoms with Crippen LogP contribution in [0, 0.1) is 10.1 Å². The monoisotopic (exact) mass is 460 g/mol. The van der Waals surface area contributed by atoms with E-state index in [2.05, 4.69) is 10.6 Å². The number of nitro groups is 1. The molecule has 0 saturated heterocycles. The van der Waals surface area contributed by atoms with Crippen LogP contribution in [0.5, 0.6) is 0 Å². The molecule has 9 nitrogen and oxygen atoms in total. The van der Waals surface area contributed by atoms with Crippen molar-refractivity contribution in [3.8, 4) is 0 Å². The molecular formula is C18H19F3N4O5S. The van der Waals surface area contributed by atoms with E-state index in [9.17, 15) is 36.5 Å². The molecule has 2 aromatic rings. The van der Waals surface area contributed by atoms with Crippen molar-refractivity contribution in [2.45, 2.75) is 17.5 Å². The minimum atomic E-state index is -4.72. The van der Waals surface area contributed by atoms with Gasteiger partial charge in [0.05, 0.1) is 15.4 Å². The number of anilines is 2. The fourth-order valence-corrected chi connectivity index (χ4v) is 3.37. The molecular weight excluding hydrogens is 441 g/mol. The maximum absolute atomic E-state index is 12.7. The molecule has 0 aliphatic heterocycles. The highest BCUT2D eigenvalue weighted by Gasteiger charge is 2.33. The van der Waals surface area contributed by atoms with E-state index < -0.39 is 38.3 Å². The second kappa shape index (κ2) is 9.31. The zero-order chi connectivity index (χ0) is 23.4. The zero-order valence-electron chi connectivity index (χ0n) is 16.4. The number of nitrogens with one attached hydrogen (secondary N) is 2. The van der Waals surface area contributed by atoms with Crippen molar-refractivity contribution in [3.63, 3.8) is 0 Å². The van der Waals surface area contributed by atoms with E-state index in [4.69, 9.17) is 0 Å². The molecule has 0 aromatic heterocycles. The van der Waals surface area contributed by atoms with Gasteiger partial charge in [0.2, 0.25) is 15.9 Å². The van der Waals surface area contributed by atoms with Gasteiger partial charge in [-0.25, -0.2) is 12.7 Å². The normalized spacial score (nSPS) is 11.9. The minimum Gasteiger partial charge on any atom is -0.379 e. The maximum Gasteiger partial charge on any atom is 0.416 e. The largest absolute Gasteiger partial charge is 0.416 e. The van der Waals surface area contributed by atoms with E-state index in [0.29, 0.717) is 17.8 Å². The van der Waals surface area contributed by atoms with E-state index in [1.807, 2.05) is 0 Å². The summed E-state index contributed by atoms with van der Waals surface area (Å²) in [4.78, 5) is 22.2. The summed E-state index contributed by atoms with van der Waals surface area (Å²) in [7, 11) is -0.829. The molecule has 31 heavy (non-hydrogen) atoms. The highest BCUT2D eigenvalue weighted by Crippen LogP contribution is 2.34. The van der Waals surface area contributed by atoms with E-state index in [0.717, 1.165) is 10.4 Å². The first-order chi connectivity index (χ1) is 14.3. The summed E-state index contributed by atoms with van der Waals surface area (Å²) in [6.45, 7) is -0.0782. The van der Waals surface area contributed by atoms with Crippen LogP contribution in [0.1, 0.15) is 12.0 Å². The number of carbonyl (C=O) groups excluding carboxylic acids is 1. The molecule has 0 atom stereocenters. The number of benzene rings is 2. The van der Waals surface area contributed by atoms with Crippen LogP contribution in [0.3, 0.4) is 0 Å².